The van der Waals surface area contributed by atoms with Gasteiger partial charge < -0.3 is 19.8 Å². The molecule has 1 amide bonds. The molecule has 1 unspecified atom stereocenters. The highest BCUT2D eigenvalue weighted by atomic mass is 79.9. The zero-order valence-electron chi connectivity index (χ0n) is 13.4. The predicted molar refractivity (Wildman–Crippen MR) is 95.1 cm³/mol. The molecule has 1 saturated heterocycles. The van der Waals surface area contributed by atoms with Crippen molar-refractivity contribution < 1.29 is 13.9 Å². The summed E-state index contributed by atoms with van der Waals surface area (Å²) in [5.41, 5.74) is 0. The SMILES string of the molecule is O=C(NCC1CCCNC1)c1ccc(COc2ccc(Br)cc2)o1. The largest absolute Gasteiger partial charge is 0.486 e. The predicted octanol–water partition coefficient (Wildman–Crippen LogP) is 3.35. The lowest BCUT2D eigenvalue weighted by Crippen LogP contribution is -2.38. The van der Waals surface area contributed by atoms with E-state index in [1.54, 1.807) is 12.1 Å². The maximum atomic E-state index is 12.1. The third kappa shape index (κ3) is 4.85. The molecule has 0 spiro atoms. The topological polar surface area (TPSA) is 63.5 Å². The van der Waals surface area contributed by atoms with E-state index >= 15 is 0 Å². The Bertz CT molecular complexity index is 663. The van der Waals surface area contributed by atoms with Gasteiger partial charge in [-0.25, -0.2) is 0 Å². The highest BCUT2D eigenvalue weighted by Crippen LogP contribution is 2.18. The maximum Gasteiger partial charge on any atom is 0.287 e. The maximum absolute atomic E-state index is 12.1. The van der Waals surface area contributed by atoms with Gasteiger partial charge in [-0.1, -0.05) is 15.9 Å². The van der Waals surface area contributed by atoms with E-state index in [1.165, 1.54) is 6.42 Å². The van der Waals surface area contributed by atoms with Crippen LogP contribution >= 0.6 is 15.9 Å². The van der Waals surface area contributed by atoms with Crippen molar-refractivity contribution >= 4 is 21.8 Å². The molecule has 0 radical (unpaired) electrons. The lowest BCUT2D eigenvalue weighted by molar-refractivity contribution is 0.0913. The number of ether oxygens (including phenoxy) is 1. The van der Waals surface area contributed by atoms with Crippen LogP contribution in [0.15, 0.2) is 45.3 Å². The fourth-order valence-electron chi connectivity index (χ4n) is 2.69. The number of carbonyl (C=O) groups is 1. The van der Waals surface area contributed by atoms with Gasteiger partial charge >= 0.3 is 0 Å². The molecule has 0 aliphatic carbocycles. The van der Waals surface area contributed by atoms with Gasteiger partial charge in [0.05, 0.1) is 0 Å². The quantitative estimate of drug-likeness (QED) is 0.790. The second kappa shape index (κ2) is 8.35. The van der Waals surface area contributed by atoms with E-state index < -0.39 is 0 Å². The summed E-state index contributed by atoms with van der Waals surface area (Å²) in [5, 5.41) is 6.29. The van der Waals surface area contributed by atoms with E-state index in [4.69, 9.17) is 9.15 Å². The van der Waals surface area contributed by atoms with Crippen molar-refractivity contribution in [2.45, 2.75) is 19.4 Å². The number of halogens is 1. The van der Waals surface area contributed by atoms with Crippen LogP contribution in [0, 0.1) is 5.92 Å². The highest BCUT2D eigenvalue weighted by molar-refractivity contribution is 9.10. The lowest BCUT2D eigenvalue weighted by Gasteiger charge is -2.22. The van der Waals surface area contributed by atoms with Gasteiger partial charge in [-0.2, -0.15) is 0 Å². The van der Waals surface area contributed by atoms with E-state index in [2.05, 4.69) is 26.6 Å². The Morgan fingerprint density at radius 1 is 1.29 bits per heavy atom. The Balaban J connectivity index is 1.47. The van der Waals surface area contributed by atoms with Gasteiger partial charge in [0.25, 0.3) is 5.91 Å². The standard InChI is InChI=1S/C18H21BrN2O3/c19-14-3-5-15(6-4-14)23-12-16-7-8-17(24-16)18(22)21-11-13-2-1-9-20-10-13/h3-8,13,20H,1-2,9-12H2,(H,21,22). The fourth-order valence-corrected chi connectivity index (χ4v) is 2.95. The molecule has 2 heterocycles. The summed E-state index contributed by atoms with van der Waals surface area (Å²) < 4.78 is 12.2. The molecule has 1 aliphatic heterocycles. The van der Waals surface area contributed by atoms with Crippen LogP contribution in [0.2, 0.25) is 0 Å². The van der Waals surface area contributed by atoms with Crippen LogP contribution in [0.3, 0.4) is 0 Å². The number of benzene rings is 1. The summed E-state index contributed by atoms with van der Waals surface area (Å²) in [4.78, 5) is 12.1. The van der Waals surface area contributed by atoms with Crippen LogP contribution in [0.25, 0.3) is 0 Å². The first-order chi connectivity index (χ1) is 11.7. The number of furan rings is 1. The smallest absolute Gasteiger partial charge is 0.287 e. The first-order valence-electron chi connectivity index (χ1n) is 8.17. The van der Waals surface area contributed by atoms with Crippen LogP contribution < -0.4 is 15.4 Å². The van der Waals surface area contributed by atoms with Gasteiger partial charge in [0, 0.05) is 11.0 Å². The summed E-state index contributed by atoms with van der Waals surface area (Å²) in [5.74, 6) is 2.04. The Kier molecular flexibility index (Phi) is 5.93. The van der Waals surface area contributed by atoms with Crippen LogP contribution in [0.4, 0.5) is 0 Å². The molecule has 0 bridgehead atoms. The molecule has 1 aromatic carbocycles. The number of nitrogens with one attached hydrogen (secondary N) is 2. The van der Waals surface area contributed by atoms with E-state index in [-0.39, 0.29) is 5.91 Å². The Hall–Kier alpha value is -1.79. The highest BCUT2D eigenvalue weighted by Gasteiger charge is 2.16. The van der Waals surface area contributed by atoms with E-state index in [0.29, 0.717) is 30.6 Å². The second-order valence-corrected chi connectivity index (χ2v) is 6.85. The van der Waals surface area contributed by atoms with Crippen molar-refractivity contribution in [1.29, 1.82) is 0 Å². The first-order valence-corrected chi connectivity index (χ1v) is 8.96. The van der Waals surface area contributed by atoms with Crippen molar-refractivity contribution in [3.8, 4) is 5.75 Å². The molecule has 0 saturated carbocycles. The summed E-state index contributed by atoms with van der Waals surface area (Å²) in [6.45, 7) is 3.01. The zero-order valence-corrected chi connectivity index (χ0v) is 15.0. The fraction of sp³-hybridized carbons (Fsp3) is 0.389. The normalized spacial score (nSPS) is 17.5. The minimum atomic E-state index is -0.171. The molecular weight excluding hydrogens is 372 g/mol. The molecular formula is C18H21BrN2O3. The minimum Gasteiger partial charge on any atom is -0.486 e. The summed E-state index contributed by atoms with van der Waals surface area (Å²) in [6.07, 6.45) is 2.32. The van der Waals surface area contributed by atoms with Crippen LogP contribution in [0.1, 0.15) is 29.2 Å². The number of piperidine rings is 1. The van der Waals surface area contributed by atoms with Gasteiger partial charge in [-0.3, -0.25) is 4.79 Å². The lowest BCUT2D eigenvalue weighted by atomic mass is 10.00. The summed E-state index contributed by atoms with van der Waals surface area (Å²) in [6, 6.07) is 11.0. The number of hydrogen-bond donors (Lipinski definition) is 2. The van der Waals surface area contributed by atoms with Crippen molar-refractivity contribution in [3.63, 3.8) is 0 Å². The summed E-state index contributed by atoms with van der Waals surface area (Å²) >= 11 is 3.38. The third-order valence-corrected chi connectivity index (χ3v) is 4.56. The third-order valence-electron chi connectivity index (χ3n) is 4.03. The Labute approximate surface area is 149 Å². The molecule has 1 atom stereocenters. The van der Waals surface area contributed by atoms with Gasteiger partial charge in [-0.05, 0) is 68.2 Å². The molecule has 1 aliphatic rings. The zero-order chi connectivity index (χ0) is 16.8. The number of hydrogen-bond acceptors (Lipinski definition) is 4. The van der Waals surface area contributed by atoms with Gasteiger partial charge in [0.15, 0.2) is 5.76 Å². The average Bonchev–Trinajstić information content (AvgIpc) is 3.09. The molecule has 128 valence electrons. The van der Waals surface area contributed by atoms with Crippen molar-refractivity contribution in [2.24, 2.45) is 5.92 Å². The molecule has 2 N–H and O–H groups in total. The molecule has 2 aromatic rings. The molecule has 24 heavy (non-hydrogen) atoms. The summed E-state index contributed by atoms with van der Waals surface area (Å²) in [7, 11) is 0. The molecule has 6 heteroatoms. The van der Waals surface area contributed by atoms with Gasteiger partial charge in [0.1, 0.15) is 18.1 Å². The van der Waals surface area contributed by atoms with Crippen LogP contribution in [-0.4, -0.2) is 25.5 Å². The average molecular weight is 393 g/mol. The number of rotatable bonds is 6. The molecule has 5 nitrogen and oxygen atoms in total. The monoisotopic (exact) mass is 392 g/mol. The molecule has 1 fully saturated rings. The first kappa shape index (κ1) is 17.0. The second-order valence-electron chi connectivity index (χ2n) is 5.93. The van der Waals surface area contributed by atoms with E-state index in [0.717, 1.165) is 29.7 Å². The van der Waals surface area contributed by atoms with E-state index in [9.17, 15) is 4.79 Å². The molecule has 1 aromatic heterocycles. The van der Waals surface area contributed by atoms with Crippen molar-refractivity contribution in [3.05, 3.63) is 52.4 Å². The Morgan fingerprint density at radius 2 is 2.12 bits per heavy atom. The molecule has 3 rings (SSSR count). The minimum absolute atomic E-state index is 0.171. The van der Waals surface area contributed by atoms with Gasteiger partial charge in [-0.15, -0.1) is 0 Å². The Morgan fingerprint density at radius 3 is 2.88 bits per heavy atom. The van der Waals surface area contributed by atoms with Crippen LogP contribution in [-0.2, 0) is 6.61 Å². The van der Waals surface area contributed by atoms with Crippen molar-refractivity contribution in [2.75, 3.05) is 19.6 Å². The van der Waals surface area contributed by atoms with Crippen molar-refractivity contribution in [1.82, 2.24) is 10.6 Å². The van der Waals surface area contributed by atoms with Gasteiger partial charge in [0.2, 0.25) is 0 Å². The van der Waals surface area contributed by atoms with E-state index in [1.807, 2.05) is 24.3 Å². The number of carbonyl (C=O) groups excluding carboxylic acids is 1. The number of amides is 1. The van der Waals surface area contributed by atoms with Crippen LogP contribution in [0.5, 0.6) is 5.75 Å².